The molecular formula is C14H16N2O3S2. The second-order valence-electron chi connectivity index (χ2n) is 4.58. The van der Waals surface area contributed by atoms with Gasteiger partial charge >= 0.3 is 0 Å². The van der Waals surface area contributed by atoms with E-state index >= 15 is 0 Å². The van der Waals surface area contributed by atoms with Crippen molar-refractivity contribution in [3.63, 3.8) is 0 Å². The zero-order valence-electron chi connectivity index (χ0n) is 11.9. The van der Waals surface area contributed by atoms with Gasteiger partial charge in [-0.3, -0.25) is 4.79 Å². The third-order valence-electron chi connectivity index (χ3n) is 3.10. The molecule has 0 fully saturated rings. The van der Waals surface area contributed by atoms with E-state index in [4.69, 9.17) is 0 Å². The van der Waals surface area contributed by atoms with Gasteiger partial charge in [0.1, 0.15) is 0 Å². The minimum atomic E-state index is -3.52. The Balaban J connectivity index is 2.26. The molecule has 1 aromatic heterocycles. The Bertz CT molecular complexity index is 759. The van der Waals surface area contributed by atoms with Crippen LogP contribution in [0.15, 0.2) is 34.5 Å². The van der Waals surface area contributed by atoms with Crippen molar-refractivity contribution in [3.8, 4) is 0 Å². The maximum atomic E-state index is 12.2. The first kappa shape index (κ1) is 15.7. The SMILES string of the molecule is CNS(=O)(=O)c1csc(C(=O)Nc2c(C)cccc2C)c1. The molecule has 0 saturated carbocycles. The van der Waals surface area contributed by atoms with Crippen molar-refractivity contribution in [3.05, 3.63) is 45.6 Å². The number of rotatable bonds is 4. The summed E-state index contributed by atoms with van der Waals surface area (Å²) in [6.07, 6.45) is 0. The second kappa shape index (κ2) is 5.97. The molecule has 5 nitrogen and oxygen atoms in total. The van der Waals surface area contributed by atoms with Gasteiger partial charge in [0.05, 0.1) is 9.77 Å². The van der Waals surface area contributed by atoms with Crippen LogP contribution in [0.1, 0.15) is 20.8 Å². The van der Waals surface area contributed by atoms with Crippen LogP contribution in [0.4, 0.5) is 5.69 Å². The fraction of sp³-hybridized carbons (Fsp3) is 0.214. The number of para-hydroxylation sites is 1. The fourth-order valence-electron chi connectivity index (χ4n) is 1.88. The van der Waals surface area contributed by atoms with Crippen LogP contribution in [-0.2, 0) is 10.0 Å². The highest BCUT2D eigenvalue weighted by Crippen LogP contribution is 2.23. The van der Waals surface area contributed by atoms with Crippen molar-refractivity contribution in [1.82, 2.24) is 4.72 Å². The molecule has 1 heterocycles. The summed E-state index contributed by atoms with van der Waals surface area (Å²) in [6, 6.07) is 7.12. The second-order valence-corrected chi connectivity index (χ2v) is 7.37. The van der Waals surface area contributed by atoms with Gasteiger partial charge in [-0.1, -0.05) is 18.2 Å². The van der Waals surface area contributed by atoms with Gasteiger partial charge in [-0.25, -0.2) is 13.1 Å². The number of thiophene rings is 1. The van der Waals surface area contributed by atoms with Gasteiger partial charge in [0, 0.05) is 11.1 Å². The Morgan fingerprint density at radius 2 is 1.81 bits per heavy atom. The molecule has 1 aromatic carbocycles. The molecule has 0 aliphatic carbocycles. The lowest BCUT2D eigenvalue weighted by atomic mass is 10.1. The largest absolute Gasteiger partial charge is 0.321 e. The van der Waals surface area contributed by atoms with Crippen molar-refractivity contribution in [2.45, 2.75) is 18.7 Å². The van der Waals surface area contributed by atoms with Crippen LogP contribution < -0.4 is 10.0 Å². The third kappa shape index (κ3) is 3.31. The highest BCUT2D eigenvalue weighted by atomic mass is 32.2. The highest BCUT2D eigenvalue weighted by molar-refractivity contribution is 7.89. The van der Waals surface area contributed by atoms with Crippen LogP contribution in [0.3, 0.4) is 0 Å². The molecule has 21 heavy (non-hydrogen) atoms. The molecule has 112 valence electrons. The number of hydrogen-bond donors (Lipinski definition) is 2. The number of hydrogen-bond acceptors (Lipinski definition) is 4. The van der Waals surface area contributed by atoms with Crippen LogP contribution in [0, 0.1) is 13.8 Å². The molecule has 7 heteroatoms. The fourth-order valence-corrected chi connectivity index (χ4v) is 3.78. The molecule has 2 N–H and O–H groups in total. The summed E-state index contributed by atoms with van der Waals surface area (Å²) in [5.41, 5.74) is 2.68. The van der Waals surface area contributed by atoms with Crippen molar-refractivity contribution in [2.75, 3.05) is 12.4 Å². The van der Waals surface area contributed by atoms with Gasteiger partial charge < -0.3 is 5.32 Å². The maximum Gasteiger partial charge on any atom is 0.265 e. The van der Waals surface area contributed by atoms with E-state index in [-0.39, 0.29) is 10.8 Å². The molecule has 1 amide bonds. The lowest BCUT2D eigenvalue weighted by Crippen LogP contribution is -2.18. The Morgan fingerprint density at radius 3 is 2.38 bits per heavy atom. The standard InChI is InChI=1S/C14H16N2O3S2/c1-9-5-4-6-10(2)13(9)16-14(17)12-7-11(8-20-12)21(18,19)15-3/h4-8,15H,1-3H3,(H,16,17). The summed E-state index contributed by atoms with van der Waals surface area (Å²) < 4.78 is 25.6. The third-order valence-corrected chi connectivity index (χ3v) is 5.57. The van der Waals surface area contributed by atoms with Crippen molar-refractivity contribution in [1.29, 1.82) is 0 Å². The summed E-state index contributed by atoms with van der Waals surface area (Å²) in [6.45, 7) is 3.82. The normalized spacial score (nSPS) is 11.4. The number of anilines is 1. The van der Waals surface area contributed by atoms with E-state index < -0.39 is 10.0 Å². The van der Waals surface area contributed by atoms with Gasteiger partial charge in [0.2, 0.25) is 10.0 Å². The van der Waals surface area contributed by atoms with Gasteiger partial charge in [-0.2, -0.15) is 0 Å². The average Bonchev–Trinajstić information content (AvgIpc) is 2.93. The first-order chi connectivity index (χ1) is 9.85. The Hall–Kier alpha value is -1.70. The summed E-state index contributed by atoms with van der Waals surface area (Å²) >= 11 is 1.10. The minimum Gasteiger partial charge on any atom is -0.321 e. The van der Waals surface area contributed by atoms with E-state index in [1.54, 1.807) is 0 Å². The quantitative estimate of drug-likeness (QED) is 0.907. The molecular weight excluding hydrogens is 308 g/mol. The number of sulfonamides is 1. The first-order valence-electron chi connectivity index (χ1n) is 6.25. The molecule has 0 unspecified atom stereocenters. The van der Waals surface area contributed by atoms with Crippen LogP contribution in [-0.4, -0.2) is 21.4 Å². The van der Waals surface area contributed by atoms with Gasteiger partial charge in [-0.15, -0.1) is 11.3 Å². The van der Waals surface area contributed by atoms with Gasteiger partial charge in [-0.05, 0) is 38.1 Å². The van der Waals surface area contributed by atoms with E-state index in [1.807, 2.05) is 32.0 Å². The van der Waals surface area contributed by atoms with Crippen LogP contribution in [0.2, 0.25) is 0 Å². The van der Waals surface area contributed by atoms with Crippen molar-refractivity contribution < 1.29 is 13.2 Å². The van der Waals surface area contributed by atoms with E-state index in [2.05, 4.69) is 10.0 Å². The first-order valence-corrected chi connectivity index (χ1v) is 8.61. The molecule has 0 atom stereocenters. The molecule has 2 aromatic rings. The Labute approximate surface area is 128 Å². The molecule has 0 bridgehead atoms. The van der Waals surface area contributed by atoms with Crippen LogP contribution in [0.25, 0.3) is 0 Å². The maximum absolute atomic E-state index is 12.2. The van der Waals surface area contributed by atoms with Crippen LogP contribution in [0.5, 0.6) is 0 Å². The molecule has 0 radical (unpaired) electrons. The topological polar surface area (TPSA) is 75.3 Å². The van der Waals surface area contributed by atoms with E-state index in [1.165, 1.54) is 18.5 Å². The number of carbonyl (C=O) groups excluding carboxylic acids is 1. The Kier molecular flexibility index (Phi) is 4.46. The summed E-state index contributed by atoms with van der Waals surface area (Å²) in [4.78, 5) is 12.7. The zero-order chi connectivity index (χ0) is 15.6. The molecule has 0 aliphatic rings. The monoisotopic (exact) mass is 324 g/mol. The number of nitrogens with one attached hydrogen (secondary N) is 2. The number of aryl methyl sites for hydroxylation is 2. The zero-order valence-corrected chi connectivity index (χ0v) is 13.6. The van der Waals surface area contributed by atoms with E-state index in [0.717, 1.165) is 28.2 Å². The lowest BCUT2D eigenvalue weighted by molar-refractivity contribution is 0.103. The number of amides is 1. The van der Waals surface area contributed by atoms with E-state index in [9.17, 15) is 13.2 Å². The van der Waals surface area contributed by atoms with E-state index in [0.29, 0.717) is 4.88 Å². The number of benzene rings is 1. The summed E-state index contributed by atoms with van der Waals surface area (Å²) in [5, 5.41) is 4.28. The van der Waals surface area contributed by atoms with Crippen molar-refractivity contribution >= 4 is 33.0 Å². The molecule has 0 aliphatic heterocycles. The highest BCUT2D eigenvalue weighted by Gasteiger charge is 2.18. The smallest absolute Gasteiger partial charge is 0.265 e. The molecule has 0 saturated heterocycles. The average molecular weight is 324 g/mol. The van der Waals surface area contributed by atoms with Crippen molar-refractivity contribution in [2.24, 2.45) is 0 Å². The molecule has 0 spiro atoms. The van der Waals surface area contributed by atoms with Crippen LogP contribution >= 0.6 is 11.3 Å². The number of carbonyl (C=O) groups is 1. The lowest BCUT2D eigenvalue weighted by Gasteiger charge is -2.10. The van der Waals surface area contributed by atoms with Gasteiger partial charge in [0.25, 0.3) is 5.91 Å². The Morgan fingerprint density at radius 1 is 1.19 bits per heavy atom. The van der Waals surface area contributed by atoms with Gasteiger partial charge in [0.15, 0.2) is 0 Å². The minimum absolute atomic E-state index is 0.0988. The predicted molar refractivity (Wildman–Crippen MR) is 84.4 cm³/mol. The summed E-state index contributed by atoms with van der Waals surface area (Å²) in [7, 11) is -2.18. The summed E-state index contributed by atoms with van der Waals surface area (Å²) in [5.74, 6) is -0.310. The predicted octanol–water partition coefficient (Wildman–Crippen LogP) is 2.53. The molecule has 2 rings (SSSR count).